The Hall–Kier alpha value is -3.06. The van der Waals surface area contributed by atoms with Crippen molar-refractivity contribution < 1.29 is 32.2 Å². The van der Waals surface area contributed by atoms with Crippen LogP contribution in [0.3, 0.4) is 0 Å². The quantitative estimate of drug-likeness (QED) is 0.123. The van der Waals surface area contributed by atoms with Crippen LogP contribution in [0.15, 0.2) is 76.9 Å². The first-order valence-corrected chi connectivity index (χ1v) is 14.4. The molecule has 4 aromatic rings. The molecule has 0 aliphatic carbocycles. The molecule has 0 aliphatic rings. The summed E-state index contributed by atoms with van der Waals surface area (Å²) in [6.45, 7) is 1.23. The first-order valence-electron chi connectivity index (χ1n) is 12.4. The number of thioether (sulfide) groups is 2. The van der Waals surface area contributed by atoms with Crippen LogP contribution in [0.4, 0.5) is 18.0 Å². The fraction of sp³-hybridized carbons (Fsp3) is 0.321. The number of nitrogens with zero attached hydrogens (tertiary/aromatic N) is 3. The standard InChI is InChI=1S/C28H28F3N3O4S2/c1-20-23(32-12-11-25(20)39-16-15-36-13-14-37-19-28(29,30)31)18-40-26-33-22-9-5-6-10-24(22)34(26)27(35)38-17-21-7-3-2-4-8-21/h2-12H,13-19H2,1H3. The molecule has 0 saturated heterocycles. The van der Waals surface area contributed by atoms with Crippen LogP contribution >= 0.6 is 23.5 Å². The van der Waals surface area contributed by atoms with Crippen LogP contribution < -0.4 is 0 Å². The first-order chi connectivity index (χ1) is 19.3. The van der Waals surface area contributed by atoms with Gasteiger partial charge < -0.3 is 14.2 Å². The molecule has 0 aliphatic heterocycles. The fourth-order valence-corrected chi connectivity index (χ4v) is 5.61. The number of hydrogen-bond donors (Lipinski definition) is 0. The van der Waals surface area contributed by atoms with Crippen molar-refractivity contribution in [2.24, 2.45) is 0 Å². The van der Waals surface area contributed by atoms with Crippen molar-refractivity contribution in [3.63, 3.8) is 0 Å². The lowest BCUT2D eigenvalue weighted by atomic mass is 10.2. The van der Waals surface area contributed by atoms with E-state index in [1.807, 2.05) is 67.6 Å². The summed E-state index contributed by atoms with van der Waals surface area (Å²) in [5, 5.41) is 0.514. The molecular weight excluding hydrogens is 563 g/mol. The third-order valence-electron chi connectivity index (χ3n) is 5.64. The summed E-state index contributed by atoms with van der Waals surface area (Å²) in [6, 6.07) is 18.8. The molecule has 2 aromatic heterocycles. The number of rotatable bonds is 13. The average Bonchev–Trinajstić information content (AvgIpc) is 3.32. The molecular formula is C28H28F3N3O4S2. The SMILES string of the molecule is Cc1c(SCCOCCOCC(F)(F)F)ccnc1CSc1nc2ccccc2n1C(=O)OCc1ccccc1. The number of aromatic nitrogens is 3. The van der Waals surface area contributed by atoms with Gasteiger partial charge in [0.05, 0.1) is 36.5 Å². The maximum absolute atomic E-state index is 13.1. The van der Waals surface area contributed by atoms with Gasteiger partial charge in [-0.05, 0) is 36.2 Å². The summed E-state index contributed by atoms with van der Waals surface area (Å²) in [4.78, 5) is 23.3. The maximum atomic E-state index is 13.1. The molecule has 7 nitrogen and oxygen atoms in total. The van der Waals surface area contributed by atoms with Crippen molar-refractivity contribution in [1.82, 2.24) is 14.5 Å². The summed E-state index contributed by atoms with van der Waals surface area (Å²) in [7, 11) is 0. The third-order valence-corrected chi connectivity index (χ3v) is 7.71. The summed E-state index contributed by atoms with van der Waals surface area (Å²) in [5.74, 6) is 1.11. The van der Waals surface area contributed by atoms with Crippen molar-refractivity contribution in [3.05, 3.63) is 83.7 Å². The summed E-state index contributed by atoms with van der Waals surface area (Å²) in [5.41, 5.74) is 4.11. The number of pyridine rings is 1. The number of hydrogen-bond acceptors (Lipinski definition) is 8. The van der Waals surface area contributed by atoms with E-state index < -0.39 is 18.9 Å². The molecule has 0 amide bonds. The predicted octanol–water partition coefficient (Wildman–Crippen LogP) is 6.90. The van der Waals surface area contributed by atoms with Gasteiger partial charge in [-0.25, -0.2) is 14.3 Å². The Morgan fingerprint density at radius 3 is 2.50 bits per heavy atom. The molecule has 0 N–H and O–H groups in total. The molecule has 0 saturated carbocycles. The van der Waals surface area contributed by atoms with Crippen LogP contribution in [0.2, 0.25) is 0 Å². The van der Waals surface area contributed by atoms with Gasteiger partial charge >= 0.3 is 12.3 Å². The average molecular weight is 592 g/mol. The minimum atomic E-state index is -4.33. The Balaban J connectivity index is 1.34. The van der Waals surface area contributed by atoms with Gasteiger partial charge in [-0.1, -0.05) is 54.2 Å². The number of carbonyl (C=O) groups excluding carboxylic acids is 1. The lowest BCUT2D eigenvalue weighted by Crippen LogP contribution is -2.19. The van der Waals surface area contributed by atoms with Crippen molar-refractivity contribution in [2.45, 2.75) is 35.5 Å². The van der Waals surface area contributed by atoms with E-state index in [1.165, 1.54) is 16.3 Å². The van der Waals surface area contributed by atoms with E-state index in [9.17, 15) is 18.0 Å². The summed E-state index contributed by atoms with van der Waals surface area (Å²) < 4.78 is 53.3. The number of carbonyl (C=O) groups is 1. The van der Waals surface area contributed by atoms with E-state index in [0.29, 0.717) is 34.3 Å². The minimum Gasteiger partial charge on any atom is -0.444 e. The van der Waals surface area contributed by atoms with Gasteiger partial charge in [0.1, 0.15) is 13.2 Å². The molecule has 0 unspecified atom stereocenters. The smallest absolute Gasteiger partial charge is 0.420 e. The second kappa shape index (κ2) is 14.5. The van der Waals surface area contributed by atoms with E-state index in [2.05, 4.69) is 14.7 Å². The molecule has 0 atom stereocenters. The molecule has 0 bridgehead atoms. The highest BCUT2D eigenvalue weighted by atomic mass is 32.2. The second-order valence-corrected chi connectivity index (χ2v) is 10.6. The zero-order valence-corrected chi connectivity index (χ0v) is 23.4. The van der Waals surface area contributed by atoms with E-state index in [4.69, 9.17) is 9.47 Å². The van der Waals surface area contributed by atoms with Crippen molar-refractivity contribution in [1.29, 1.82) is 0 Å². The van der Waals surface area contributed by atoms with Crippen LogP contribution in [-0.4, -0.2) is 59.0 Å². The maximum Gasteiger partial charge on any atom is 0.420 e. The van der Waals surface area contributed by atoms with Gasteiger partial charge in [-0.3, -0.25) is 4.98 Å². The number of para-hydroxylation sites is 2. The molecule has 4 rings (SSSR count). The highest BCUT2D eigenvalue weighted by Gasteiger charge is 2.27. The molecule has 0 spiro atoms. The first kappa shape index (κ1) is 29.9. The highest BCUT2D eigenvalue weighted by molar-refractivity contribution is 7.99. The highest BCUT2D eigenvalue weighted by Crippen LogP contribution is 2.30. The van der Waals surface area contributed by atoms with Crippen molar-refractivity contribution >= 4 is 40.7 Å². The number of imidazole rings is 1. The van der Waals surface area contributed by atoms with Crippen LogP contribution in [0, 0.1) is 6.92 Å². The molecule has 40 heavy (non-hydrogen) atoms. The van der Waals surface area contributed by atoms with Gasteiger partial charge in [0.15, 0.2) is 5.16 Å². The number of benzene rings is 2. The third kappa shape index (κ3) is 8.72. The lowest BCUT2D eigenvalue weighted by molar-refractivity contribution is -0.176. The van der Waals surface area contributed by atoms with Crippen LogP contribution in [0.25, 0.3) is 11.0 Å². The molecule has 0 fully saturated rings. The van der Waals surface area contributed by atoms with Gasteiger partial charge in [-0.15, -0.1) is 11.8 Å². The van der Waals surface area contributed by atoms with Gasteiger partial charge in [0.2, 0.25) is 0 Å². The van der Waals surface area contributed by atoms with E-state index in [1.54, 1.807) is 18.0 Å². The zero-order chi connectivity index (χ0) is 28.4. The van der Waals surface area contributed by atoms with Crippen LogP contribution in [0.5, 0.6) is 0 Å². The number of ether oxygens (including phenoxy) is 3. The Morgan fingerprint density at radius 2 is 1.70 bits per heavy atom. The van der Waals surface area contributed by atoms with Crippen molar-refractivity contribution in [2.75, 3.05) is 32.2 Å². The van der Waals surface area contributed by atoms with Crippen molar-refractivity contribution in [3.8, 4) is 0 Å². The van der Waals surface area contributed by atoms with Gasteiger partial charge in [-0.2, -0.15) is 13.2 Å². The summed E-state index contributed by atoms with van der Waals surface area (Å²) >= 11 is 2.98. The number of alkyl halides is 3. The summed E-state index contributed by atoms with van der Waals surface area (Å²) in [6.07, 6.45) is -3.10. The molecule has 2 aromatic carbocycles. The van der Waals surface area contributed by atoms with E-state index >= 15 is 0 Å². The Kier molecular flexibility index (Phi) is 10.9. The topological polar surface area (TPSA) is 75.5 Å². The number of halogens is 3. The molecule has 212 valence electrons. The monoisotopic (exact) mass is 591 g/mol. The zero-order valence-electron chi connectivity index (χ0n) is 21.7. The van der Waals surface area contributed by atoms with Gasteiger partial charge in [0, 0.05) is 22.6 Å². The Bertz CT molecular complexity index is 1400. The largest absolute Gasteiger partial charge is 0.444 e. The van der Waals surface area contributed by atoms with Crippen LogP contribution in [0.1, 0.15) is 16.8 Å². The minimum absolute atomic E-state index is 0.0998. The van der Waals surface area contributed by atoms with Gasteiger partial charge in [0.25, 0.3) is 0 Å². The van der Waals surface area contributed by atoms with E-state index in [0.717, 1.165) is 21.7 Å². The second-order valence-electron chi connectivity index (χ2n) is 8.56. The Labute approximate surface area is 238 Å². The lowest BCUT2D eigenvalue weighted by Gasteiger charge is -2.11. The van der Waals surface area contributed by atoms with Crippen LogP contribution in [-0.2, 0) is 26.6 Å². The molecule has 2 heterocycles. The Morgan fingerprint density at radius 1 is 0.950 bits per heavy atom. The molecule has 0 radical (unpaired) electrons. The molecule has 12 heteroatoms. The number of fused-ring (bicyclic) bond motifs is 1. The fourth-order valence-electron chi connectivity index (χ4n) is 3.67. The van der Waals surface area contributed by atoms with E-state index in [-0.39, 0.29) is 19.8 Å². The normalized spacial score (nSPS) is 11.7. The predicted molar refractivity (Wildman–Crippen MR) is 149 cm³/mol.